The van der Waals surface area contributed by atoms with Crippen molar-refractivity contribution in [2.45, 2.75) is 32.7 Å². The SMILES string of the molecule is CC(=O)Oc1ccc(C(O)CNCCc2ccc(OCCOCc3ccccc3)cc2)cc1CO. The third-order valence-corrected chi connectivity index (χ3v) is 5.35. The number of carbonyl (C=O) groups is 1. The average Bonchev–Trinajstić information content (AvgIpc) is 2.87. The second-order valence-electron chi connectivity index (χ2n) is 8.12. The largest absolute Gasteiger partial charge is 0.491 e. The molecule has 0 fully saturated rings. The number of rotatable bonds is 14. The van der Waals surface area contributed by atoms with Crippen molar-refractivity contribution in [3.63, 3.8) is 0 Å². The number of esters is 1. The Labute approximate surface area is 206 Å². The van der Waals surface area contributed by atoms with E-state index in [-0.39, 0.29) is 6.61 Å². The first kappa shape index (κ1) is 26.4. The van der Waals surface area contributed by atoms with E-state index in [0.29, 0.717) is 49.8 Å². The number of hydrogen-bond donors (Lipinski definition) is 3. The van der Waals surface area contributed by atoms with Crippen LogP contribution in [0.2, 0.25) is 0 Å². The molecule has 0 spiro atoms. The number of nitrogens with one attached hydrogen (secondary N) is 1. The number of carbonyl (C=O) groups excluding carboxylic acids is 1. The zero-order chi connectivity index (χ0) is 24.9. The number of aliphatic hydroxyl groups excluding tert-OH is 2. The highest BCUT2D eigenvalue weighted by atomic mass is 16.5. The molecule has 0 heterocycles. The number of benzene rings is 3. The van der Waals surface area contributed by atoms with Crippen LogP contribution in [-0.4, -0.2) is 42.5 Å². The van der Waals surface area contributed by atoms with Crippen LogP contribution in [0.5, 0.6) is 11.5 Å². The van der Waals surface area contributed by atoms with Crippen molar-refractivity contribution < 1.29 is 29.2 Å². The molecule has 0 amide bonds. The van der Waals surface area contributed by atoms with Gasteiger partial charge in [-0.25, -0.2) is 0 Å². The van der Waals surface area contributed by atoms with Gasteiger partial charge >= 0.3 is 5.97 Å². The van der Waals surface area contributed by atoms with Gasteiger partial charge in [-0.3, -0.25) is 4.79 Å². The van der Waals surface area contributed by atoms with Gasteiger partial charge in [-0.2, -0.15) is 0 Å². The number of ether oxygens (including phenoxy) is 3. The van der Waals surface area contributed by atoms with E-state index in [1.165, 1.54) is 6.92 Å². The van der Waals surface area contributed by atoms with Gasteiger partial charge in [0.2, 0.25) is 0 Å². The van der Waals surface area contributed by atoms with Crippen LogP contribution in [0.25, 0.3) is 0 Å². The smallest absolute Gasteiger partial charge is 0.308 e. The van der Waals surface area contributed by atoms with Crippen molar-refractivity contribution in [3.05, 3.63) is 95.1 Å². The molecule has 0 saturated heterocycles. The Balaban J connectivity index is 1.33. The third-order valence-electron chi connectivity index (χ3n) is 5.35. The summed E-state index contributed by atoms with van der Waals surface area (Å²) in [6.07, 6.45) is 0.0621. The van der Waals surface area contributed by atoms with E-state index in [1.807, 2.05) is 54.6 Å². The molecule has 35 heavy (non-hydrogen) atoms. The van der Waals surface area contributed by atoms with E-state index in [2.05, 4.69) is 5.32 Å². The highest BCUT2D eigenvalue weighted by Gasteiger charge is 2.12. The van der Waals surface area contributed by atoms with Crippen LogP contribution < -0.4 is 14.8 Å². The summed E-state index contributed by atoms with van der Waals surface area (Å²) >= 11 is 0. The Morgan fingerprint density at radius 1 is 0.971 bits per heavy atom. The summed E-state index contributed by atoms with van der Waals surface area (Å²) in [6, 6.07) is 22.9. The van der Waals surface area contributed by atoms with Crippen molar-refractivity contribution in [2.24, 2.45) is 0 Å². The molecule has 0 aromatic heterocycles. The van der Waals surface area contributed by atoms with Gasteiger partial charge < -0.3 is 29.7 Å². The molecule has 0 aliphatic rings. The van der Waals surface area contributed by atoms with Crippen molar-refractivity contribution >= 4 is 5.97 Å². The predicted octanol–water partition coefficient (Wildman–Crippen LogP) is 3.57. The Kier molecular flexibility index (Phi) is 10.7. The monoisotopic (exact) mass is 479 g/mol. The van der Waals surface area contributed by atoms with Crippen molar-refractivity contribution in [1.29, 1.82) is 0 Å². The van der Waals surface area contributed by atoms with E-state index >= 15 is 0 Å². The minimum Gasteiger partial charge on any atom is -0.491 e. The third kappa shape index (κ3) is 9.15. The predicted molar refractivity (Wildman–Crippen MR) is 133 cm³/mol. The molecule has 7 heteroatoms. The molecule has 0 bridgehead atoms. The van der Waals surface area contributed by atoms with Crippen molar-refractivity contribution in [2.75, 3.05) is 26.3 Å². The summed E-state index contributed by atoms with van der Waals surface area (Å²) in [6.45, 7) is 3.67. The molecule has 0 aliphatic heterocycles. The van der Waals surface area contributed by atoms with E-state index in [0.717, 1.165) is 23.3 Å². The molecule has 0 radical (unpaired) electrons. The minimum absolute atomic E-state index is 0.281. The first-order valence-electron chi connectivity index (χ1n) is 11.7. The standard InChI is InChI=1S/C28H33NO6/c1-21(31)35-28-12-9-24(17-25(28)19-30)27(32)18-29-14-13-22-7-10-26(11-8-22)34-16-15-33-20-23-5-3-2-4-6-23/h2-12,17,27,29-30,32H,13-16,18-20H2,1H3. The molecule has 3 N–H and O–H groups in total. The quantitative estimate of drug-likeness (QED) is 0.185. The van der Waals surface area contributed by atoms with Gasteiger partial charge in [-0.1, -0.05) is 48.5 Å². The molecular weight excluding hydrogens is 446 g/mol. The molecule has 186 valence electrons. The normalized spacial score (nSPS) is 11.7. The van der Waals surface area contributed by atoms with E-state index < -0.39 is 12.1 Å². The molecule has 0 saturated carbocycles. The van der Waals surface area contributed by atoms with Gasteiger partial charge in [-0.05, 0) is 53.9 Å². The van der Waals surface area contributed by atoms with Gasteiger partial charge in [0.05, 0.1) is 25.9 Å². The fraction of sp³-hybridized carbons (Fsp3) is 0.321. The number of aliphatic hydroxyl groups is 2. The minimum atomic E-state index is -0.744. The summed E-state index contributed by atoms with van der Waals surface area (Å²) in [5, 5.41) is 23.2. The molecule has 0 aliphatic carbocycles. The second-order valence-corrected chi connectivity index (χ2v) is 8.12. The van der Waals surface area contributed by atoms with Crippen LogP contribution in [0.1, 0.15) is 35.3 Å². The Morgan fingerprint density at radius 2 is 1.74 bits per heavy atom. The van der Waals surface area contributed by atoms with Gasteiger partial charge in [0.25, 0.3) is 0 Å². The maximum atomic E-state index is 11.2. The molecule has 1 unspecified atom stereocenters. The average molecular weight is 480 g/mol. The first-order valence-corrected chi connectivity index (χ1v) is 11.7. The lowest BCUT2D eigenvalue weighted by Crippen LogP contribution is -2.24. The van der Waals surface area contributed by atoms with Gasteiger partial charge in [-0.15, -0.1) is 0 Å². The molecule has 3 rings (SSSR count). The van der Waals surface area contributed by atoms with Crippen LogP contribution in [0.15, 0.2) is 72.8 Å². The fourth-order valence-electron chi connectivity index (χ4n) is 3.51. The zero-order valence-electron chi connectivity index (χ0n) is 20.0. The highest BCUT2D eigenvalue weighted by molar-refractivity contribution is 5.69. The Hall–Kier alpha value is -3.23. The summed E-state index contributed by atoms with van der Waals surface area (Å²) in [4.78, 5) is 11.2. The van der Waals surface area contributed by atoms with Crippen LogP contribution in [0.4, 0.5) is 0 Å². The summed E-state index contributed by atoms with van der Waals surface area (Å²) < 4.78 is 16.4. The summed E-state index contributed by atoms with van der Waals surface area (Å²) in [5.74, 6) is 0.649. The Morgan fingerprint density at radius 3 is 2.46 bits per heavy atom. The molecule has 7 nitrogen and oxygen atoms in total. The van der Waals surface area contributed by atoms with E-state index in [9.17, 15) is 15.0 Å². The fourth-order valence-corrected chi connectivity index (χ4v) is 3.51. The van der Waals surface area contributed by atoms with Gasteiger partial charge in [0, 0.05) is 19.0 Å². The van der Waals surface area contributed by atoms with Crippen LogP contribution in [0, 0.1) is 0 Å². The van der Waals surface area contributed by atoms with E-state index in [1.54, 1.807) is 18.2 Å². The number of hydrogen-bond acceptors (Lipinski definition) is 7. The maximum absolute atomic E-state index is 11.2. The topological polar surface area (TPSA) is 97.3 Å². The Bertz CT molecular complexity index is 1040. The summed E-state index contributed by atoms with van der Waals surface area (Å²) in [5.41, 5.74) is 3.41. The van der Waals surface area contributed by atoms with Crippen LogP contribution in [-0.2, 0) is 29.2 Å². The van der Waals surface area contributed by atoms with Crippen LogP contribution >= 0.6 is 0 Å². The van der Waals surface area contributed by atoms with Crippen molar-refractivity contribution in [1.82, 2.24) is 5.32 Å². The van der Waals surface area contributed by atoms with E-state index in [4.69, 9.17) is 14.2 Å². The molecule has 1 atom stereocenters. The van der Waals surface area contributed by atoms with Gasteiger partial charge in [0.1, 0.15) is 18.1 Å². The lowest BCUT2D eigenvalue weighted by molar-refractivity contribution is -0.131. The molecule has 3 aromatic rings. The molecule has 3 aromatic carbocycles. The summed E-state index contributed by atoms with van der Waals surface area (Å²) in [7, 11) is 0. The lowest BCUT2D eigenvalue weighted by Gasteiger charge is -2.15. The molecular formula is C28H33NO6. The highest BCUT2D eigenvalue weighted by Crippen LogP contribution is 2.24. The van der Waals surface area contributed by atoms with Crippen molar-refractivity contribution in [3.8, 4) is 11.5 Å². The van der Waals surface area contributed by atoms with Gasteiger partial charge in [0.15, 0.2) is 0 Å². The zero-order valence-corrected chi connectivity index (χ0v) is 20.0. The van der Waals surface area contributed by atoms with Crippen LogP contribution in [0.3, 0.4) is 0 Å². The second kappa shape index (κ2) is 14.2. The first-order chi connectivity index (χ1) is 17.0. The lowest BCUT2D eigenvalue weighted by atomic mass is 10.0. The maximum Gasteiger partial charge on any atom is 0.308 e.